The van der Waals surface area contributed by atoms with Crippen molar-refractivity contribution < 1.29 is 9.53 Å². The highest BCUT2D eigenvalue weighted by atomic mass is 35.5. The van der Waals surface area contributed by atoms with Crippen LogP contribution in [0.25, 0.3) is 0 Å². The van der Waals surface area contributed by atoms with Crippen molar-refractivity contribution in [2.45, 2.75) is 12.8 Å². The number of benzene rings is 2. The van der Waals surface area contributed by atoms with E-state index < -0.39 is 0 Å². The lowest BCUT2D eigenvalue weighted by Gasteiger charge is -2.24. The van der Waals surface area contributed by atoms with Crippen molar-refractivity contribution in [3.05, 3.63) is 58.1 Å². The van der Waals surface area contributed by atoms with Crippen LogP contribution in [-0.4, -0.2) is 12.5 Å². The Morgan fingerprint density at radius 1 is 1.18 bits per heavy atom. The lowest BCUT2D eigenvalue weighted by molar-refractivity contribution is -0.120. The van der Waals surface area contributed by atoms with Gasteiger partial charge in [-0.1, -0.05) is 41.4 Å². The number of halogens is 2. The smallest absolute Gasteiger partial charge is 0.227 e. The first-order valence-corrected chi connectivity index (χ1v) is 7.85. The second kappa shape index (κ2) is 6.59. The van der Waals surface area contributed by atoms with Gasteiger partial charge in [-0.3, -0.25) is 4.79 Å². The number of amides is 1. The molecule has 2 aromatic carbocycles. The first-order chi connectivity index (χ1) is 10.6. The van der Waals surface area contributed by atoms with Gasteiger partial charge < -0.3 is 10.1 Å². The van der Waals surface area contributed by atoms with E-state index in [0.29, 0.717) is 28.8 Å². The van der Waals surface area contributed by atoms with Crippen LogP contribution in [-0.2, 0) is 11.2 Å². The highest BCUT2D eigenvalue weighted by Gasteiger charge is 2.25. The zero-order valence-electron chi connectivity index (χ0n) is 11.8. The molecule has 0 aliphatic carbocycles. The summed E-state index contributed by atoms with van der Waals surface area (Å²) >= 11 is 11.9. The fourth-order valence-electron chi connectivity index (χ4n) is 2.55. The molecule has 0 radical (unpaired) electrons. The van der Waals surface area contributed by atoms with Crippen molar-refractivity contribution in [2.75, 3.05) is 11.9 Å². The van der Waals surface area contributed by atoms with Crippen molar-refractivity contribution in [3.63, 3.8) is 0 Å². The number of carbonyl (C=O) groups excluding carboxylic acids is 1. The predicted molar refractivity (Wildman–Crippen MR) is 88.8 cm³/mol. The molecule has 1 aliphatic rings. The Morgan fingerprint density at radius 3 is 2.82 bits per heavy atom. The van der Waals surface area contributed by atoms with Crippen LogP contribution in [0.3, 0.4) is 0 Å². The molecule has 1 amide bonds. The van der Waals surface area contributed by atoms with Gasteiger partial charge >= 0.3 is 0 Å². The predicted octanol–water partition coefficient (Wildman–Crippen LogP) is 4.57. The SMILES string of the molecule is O=C1Nc2ccccc2CC1CCOc1ccc(Cl)cc1Cl. The maximum atomic E-state index is 12.1. The summed E-state index contributed by atoms with van der Waals surface area (Å²) in [6.07, 6.45) is 1.37. The minimum absolute atomic E-state index is 0.0458. The van der Waals surface area contributed by atoms with Gasteiger partial charge in [-0.25, -0.2) is 0 Å². The quantitative estimate of drug-likeness (QED) is 0.888. The summed E-state index contributed by atoms with van der Waals surface area (Å²) in [5.74, 6) is 0.549. The van der Waals surface area contributed by atoms with Gasteiger partial charge in [-0.2, -0.15) is 0 Å². The molecule has 3 nitrogen and oxygen atoms in total. The molecule has 0 saturated heterocycles. The van der Waals surface area contributed by atoms with E-state index in [1.165, 1.54) is 0 Å². The molecule has 0 spiro atoms. The van der Waals surface area contributed by atoms with Gasteiger partial charge in [0.25, 0.3) is 0 Å². The summed E-state index contributed by atoms with van der Waals surface area (Å²) < 4.78 is 5.66. The summed E-state index contributed by atoms with van der Waals surface area (Å²) in [6, 6.07) is 13.0. The van der Waals surface area contributed by atoms with Crippen LogP contribution in [0.2, 0.25) is 10.0 Å². The summed E-state index contributed by atoms with van der Waals surface area (Å²) in [4.78, 5) is 12.1. The molecular formula is C17H15Cl2NO2. The number of fused-ring (bicyclic) bond motifs is 1. The highest BCUT2D eigenvalue weighted by molar-refractivity contribution is 6.35. The van der Waals surface area contributed by atoms with Crippen LogP contribution in [0.5, 0.6) is 5.75 Å². The van der Waals surface area contributed by atoms with Crippen molar-refractivity contribution >= 4 is 34.8 Å². The third kappa shape index (κ3) is 3.37. The third-order valence-corrected chi connectivity index (χ3v) is 4.26. The van der Waals surface area contributed by atoms with Crippen LogP contribution in [0.4, 0.5) is 5.69 Å². The molecule has 3 rings (SSSR count). The molecule has 0 bridgehead atoms. The number of hydrogen-bond donors (Lipinski definition) is 1. The molecule has 1 heterocycles. The van der Waals surface area contributed by atoms with Gasteiger partial charge in [-0.05, 0) is 42.7 Å². The third-order valence-electron chi connectivity index (χ3n) is 3.73. The molecule has 0 fully saturated rings. The Hall–Kier alpha value is -1.71. The summed E-state index contributed by atoms with van der Waals surface area (Å²) in [7, 11) is 0. The van der Waals surface area contributed by atoms with Crippen LogP contribution in [0.1, 0.15) is 12.0 Å². The molecule has 22 heavy (non-hydrogen) atoms. The number of carbonyl (C=O) groups is 1. The van der Waals surface area contributed by atoms with Crippen molar-refractivity contribution in [2.24, 2.45) is 5.92 Å². The molecule has 2 aromatic rings. The summed E-state index contributed by atoms with van der Waals surface area (Å²) in [5.41, 5.74) is 2.07. The van der Waals surface area contributed by atoms with Gasteiger partial charge in [0.15, 0.2) is 0 Å². The van der Waals surface area contributed by atoms with E-state index in [-0.39, 0.29) is 11.8 Å². The second-order valence-corrected chi connectivity index (χ2v) is 6.10. The maximum absolute atomic E-state index is 12.1. The largest absolute Gasteiger partial charge is 0.492 e. The van der Waals surface area contributed by atoms with Gasteiger partial charge in [0.05, 0.1) is 11.6 Å². The number of para-hydroxylation sites is 1. The Bertz CT molecular complexity index is 703. The first kappa shape index (κ1) is 15.2. The van der Waals surface area contributed by atoms with Crippen LogP contribution in [0.15, 0.2) is 42.5 Å². The normalized spacial score (nSPS) is 16.8. The number of ether oxygens (including phenoxy) is 1. The lowest BCUT2D eigenvalue weighted by Crippen LogP contribution is -2.31. The molecule has 5 heteroatoms. The summed E-state index contributed by atoms with van der Waals surface area (Å²) in [6.45, 7) is 0.432. The van der Waals surface area contributed by atoms with Crippen molar-refractivity contribution in [1.82, 2.24) is 0 Å². The van der Waals surface area contributed by atoms with Gasteiger partial charge in [0, 0.05) is 16.6 Å². The maximum Gasteiger partial charge on any atom is 0.227 e. The highest BCUT2D eigenvalue weighted by Crippen LogP contribution is 2.29. The van der Waals surface area contributed by atoms with Gasteiger partial charge in [-0.15, -0.1) is 0 Å². The zero-order valence-corrected chi connectivity index (χ0v) is 13.3. The average Bonchev–Trinajstić information content (AvgIpc) is 2.50. The minimum Gasteiger partial charge on any atom is -0.492 e. The fraction of sp³-hybridized carbons (Fsp3) is 0.235. The molecule has 1 unspecified atom stereocenters. The first-order valence-electron chi connectivity index (χ1n) is 7.10. The van der Waals surface area contributed by atoms with Crippen molar-refractivity contribution in [1.29, 1.82) is 0 Å². The monoisotopic (exact) mass is 335 g/mol. The lowest BCUT2D eigenvalue weighted by atomic mass is 9.91. The summed E-state index contributed by atoms with van der Waals surface area (Å²) in [5, 5.41) is 3.99. The molecular weight excluding hydrogens is 321 g/mol. The Balaban J connectivity index is 1.59. The molecule has 1 atom stereocenters. The second-order valence-electron chi connectivity index (χ2n) is 5.26. The van der Waals surface area contributed by atoms with E-state index >= 15 is 0 Å². The standard InChI is InChI=1S/C17H15Cl2NO2/c18-13-5-6-16(14(19)10-13)22-8-7-12-9-11-3-1-2-4-15(11)20-17(12)21/h1-6,10,12H,7-9H2,(H,20,21). The van der Waals surface area contributed by atoms with Crippen LogP contribution >= 0.6 is 23.2 Å². The topological polar surface area (TPSA) is 38.3 Å². The Kier molecular flexibility index (Phi) is 4.55. The average molecular weight is 336 g/mol. The molecule has 1 N–H and O–H groups in total. The van der Waals surface area contributed by atoms with E-state index in [0.717, 1.165) is 17.7 Å². The zero-order chi connectivity index (χ0) is 15.5. The Morgan fingerprint density at radius 2 is 2.00 bits per heavy atom. The van der Waals surface area contributed by atoms with E-state index in [9.17, 15) is 4.79 Å². The molecule has 114 valence electrons. The molecule has 0 aromatic heterocycles. The fourth-order valence-corrected chi connectivity index (χ4v) is 3.01. The van der Waals surface area contributed by atoms with Gasteiger partial charge in [0.2, 0.25) is 5.91 Å². The van der Waals surface area contributed by atoms with E-state index in [1.807, 2.05) is 24.3 Å². The number of hydrogen-bond acceptors (Lipinski definition) is 2. The van der Waals surface area contributed by atoms with Gasteiger partial charge in [0.1, 0.15) is 5.75 Å². The number of anilines is 1. The number of rotatable bonds is 4. The van der Waals surface area contributed by atoms with Crippen LogP contribution in [0, 0.1) is 5.92 Å². The number of nitrogens with one attached hydrogen (secondary N) is 1. The minimum atomic E-state index is -0.0824. The van der Waals surface area contributed by atoms with E-state index in [1.54, 1.807) is 18.2 Å². The van der Waals surface area contributed by atoms with Crippen molar-refractivity contribution in [3.8, 4) is 5.75 Å². The van der Waals surface area contributed by atoms with E-state index in [2.05, 4.69) is 5.32 Å². The Labute approximate surface area is 139 Å². The van der Waals surface area contributed by atoms with E-state index in [4.69, 9.17) is 27.9 Å². The molecule has 1 aliphatic heterocycles. The van der Waals surface area contributed by atoms with Crippen LogP contribution < -0.4 is 10.1 Å². The molecule has 0 saturated carbocycles.